The number of rotatable bonds is 2. The second-order valence-electron chi connectivity index (χ2n) is 3.78. The molecule has 0 aliphatic carbocycles. The minimum absolute atomic E-state index is 0.562. The first-order valence-electron chi connectivity index (χ1n) is 5.54. The molecule has 84 valence electrons. The second kappa shape index (κ2) is 5.03. The van der Waals surface area contributed by atoms with Crippen molar-refractivity contribution in [2.24, 2.45) is 0 Å². The third-order valence-corrected chi connectivity index (χ3v) is 3.21. The van der Waals surface area contributed by atoms with Gasteiger partial charge in [-0.05, 0) is 17.2 Å². The molecule has 0 saturated heterocycles. The predicted octanol–water partition coefficient (Wildman–Crippen LogP) is 4.72. The Kier molecular flexibility index (Phi) is 3.46. The van der Waals surface area contributed by atoms with Crippen LogP contribution in [0.25, 0.3) is 15.8 Å². The van der Waals surface area contributed by atoms with Crippen molar-refractivity contribution >= 4 is 27.4 Å². The molecule has 0 radical (unpaired) electrons. The minimum atomic E-state index is 0.562. The summed E-state index contributed by atoms with van der Waals surface area (Å²) in [7, 11) is 0. The molecule has 17 heavy (non-hydrogen) atoms. The molecule has 0 aliphatic heterocycles. The van der Waals surface area contributed by atoms with E-state index in [1.165, 1.54) is 0 Å². The maximum Gasteiger partial charge on any atom is 0.0962 e. The van der Waals surface area contributed by atoms with Crippen molar-refractivity contribution < 1.29 is 0 Å². The Morgan fingerprint density at radius 1 is 1.18 bits per heavy atom. The number of fused-ring (bicyclic) bond motifs is 1. The van der Waals surface area contributed by atoms with Gasteiger partial charge < -0.3 is 0 Å². The molecular weight excluding hydrogens is 230 g/mol. The van der Waals surface area contributed by atoms with Crippen LogP contribution in [-0.4, -0.2) is 0 Å². The molecule has 2 aromatic carbocycles. The quantitative estimate of drug-likeness (QED) is 0.698. The molecule has 0 fully saturated rings. The van der Waals surface area contributed by atoms with E-state index in [1.807, 2.05) is 49.4 Å². The molecule has 0 spiro atoms. The summed E-state index contributed by atoms with van der Waals surface area (Å²) in [6.45, 7) is 1.94. The van der Waals surface area contributed by atoms with Gasteiger partial charge in [-0.15, -0.1) is 0 Å². The fourth-order valence-electron chi connectivity index (χ4n) is 1.86. The lowest BCUT2D eigenvalue weighted by Crippen LogP contribution is -1.86. The van der Waals surface area contributed by atoms with E-state index in [1.54, 1.807) is 0 Å². The highest BCUT2D eigenvalue weighted by atomic mass is 35.5. The molecule has 1 nitrogen and oxygen atoms in total. The van der Waals surface area contributed by atoms with Gasteiger partial charge in [0.05, 0.1) is 11.1 Å². The average Bonchev–Trinajstić information content (AvgIpc) is 2.39. The Balaban J connectivity index is 2.73. The molecule has 0 heterocycles. The first-order chi connectivity index (χ1) is 8.27. The SMILES string of the molecule is CCC(C#N)=C(Cl)c1cccc2ccccc12. The van der Waals surface area contributed by atoms with Crippen LogP contribution in [0.1, 0.15) is 18.9 Å². The summed E-state index contributed by atoms with van der Waals surface area (Å²) in [5, 5.41) is 11.8. The van der Waals surface area contributed by atoms with Crippen LogP contribution >= 0.6 is 11.6 Å². The van der Waals surface area contributed by atoms with Crippen LogP contribution < -0.4 is 0 Å². The predicted molar refractivity (Wildman–Crippen MR) is 72.6 cm³/mol. The van der Waals surface area contributed by atoms with Crippen molar-refractivity contribution in [3.8, 4) is 6.07 Å². The van der Waals surface area contributed by atoms with E-state index in [2.05, 4.69) is 6.07 Å². The first kappa shape index (κ1) is 11.7. The van der Waals surface area contributed by atoms with Gasteiger partial charge in [-0.2, -0.15) is 5.26 Å². The lowest BCUT2D eigenvalue weighted by atomic mass is 10.0. The number of benzene rings is 2. The lowest BCUT2D eigenvalue weighted by Gasteiger charge is -2.06. The van der Waals surface area contributed by atoms with Gasteiger partial charge in [0.25, 0.3) is 0 Å². The summed E-state index contributed by atoms with van der Waals surface area (Å²) in [6.07, 6.45) is 0.651. The summed E-state index contributed by atoms with van der Waals surface area (Å²) in [5.74, 6) is 0. The van der Waals surface area contributed by atoms with E-state index in [0.29, 0.717) is 17.0 Å². The summed E-state index contributed by atoms with van der Waals surface area (Å²) in [4.78, 5) is 0. The summed E-state index contributed by atoms with van der Waals surface area (Å²) in [6, 6.07) is 16.2. The molecule has 0 saturated carbocycles. The molecule has 2 rings (SSSR count). The van der Waals surface area contributed by atoms with Crippen molar-refractivity contribution in [2.45, 2.75) is 13.3 Å². The van der Waals surface area contributed by atoms with Crippen LogP contribution in [0.5, 0.6) is 0 Å². The zero-order valence-electron chi connectivity index (χ0n) is 9.57. The van der Waals surface area contributed by atoms with Gasteiger partial charge in [-0.25, -0.2) is 0 Å². The molecule has 2 aromatic rings. The van der Waals surface area contributed by atoms with Crippen LogP contribution in [0, 0.1) is 11.3 Å². The number of nitrogens with zero attached hydrogens (tertiary/aromatic N) is 1. The van der Waals surface area contributed by atoms with Gasteiger partial charge in [0, 0.05) is 11.1 Å². The Morgan fingerprint density at radius 2 is 1.88 bits per heavy atom. The Bertz CT molecular complexity index is 615. The summed E-state index contributed by atoms with van der Waals surface area (Å²) in [5.41, 5.74) is 1.56. The summed E-state index contributed by atoms with van der Waals surface area (Å²) >= 11 is 6.31. The largest absolute Gasteiger partial charge is 0.193 e. The van der Waals surface area contributed by atoms with Gasteiger partial charge in [-0.1, -0.05) is 61.0 Å². The van der Waals surface area contributed by atoms with E-state index in [9.17, 15) is 0 Å². The zero-order valence-corrected chi connectivity index (χ0v) is 10.3. The van der Waals surface area contributed by atoms with E-state index < -0.39 is 0 Å². The zero-order chi connectivity index (χ0) is 12.3. The molecule has 0 atom stereocenters. The summed E-state index contributed by atoms with van der Waals surface area (Å²) < 4.78 is 0. The van der Waals surface area contributed by atoms with Gasteiger partial charge in [0.2, 0.25) is 0 Å². The third-order valence-electron chi connectivity index (χ3n) is 2.78. The Hall–Kier alpha value is -1.78. The number of halogens is 1. The second-order valence-corrected chi connectivity index (χ2v) is 4.16. The van der Waals surface area contributed by atoms with Crippen molar-refractivity contribution in [3.05, 3.63) is 53.6 Å². The highest BCUT2D eigenvalue weighted by Gasteiger charge is 2.08. The third kappa shape index (κ3) is 2.18. The lowest BCUT2D eigenvalue weighted by molar-refractivity contribution is 1.16. The van der Waals surface area contributed by atoms with Crippen LogP contribution in [-0.2, 0) is 0 Å². The van der Waals surface area contributed by atoms with Crippen LogP contribution in [0.2, 0.25) is 0 Å². The van der Waals surface area contributed by atoms with Crippen molar-refractivity contribution in [1.29, 1.82) is 5.26 Å². The number of nitriles is 1. The van der Waals surface area contributed by atoms with Crippen molar-refractivity contribution in [1.82, 2.24) is 0 Å². The number of allylic oxidation sites excluding steroid dienone is 1. The molecule has 0 amide bonds. The molecule has 2 heteroatoms. The van der Waals surface area contributed by atoms with Crippen LogP contribution in [0.4, 0.5) is 0 Å². The molecular formula is C15H12ClN. The highest BCUT2D eigenvalue weighted by Crippen LogP contribution is 2.30. The van der Waals surface area contributed by atoms with Crippen molar-refractivity contribution in [2.75, 3.05) is 0 Å². The fraction of sp³-hybridized carbons (Fsp3) is 0.133. The molecule has 0 aromatic heterocycles. The number of hydrogen-bond acceptors (Lipinski definition) is 1. The van der Waals surface area contributed by atoms with Gasteiger partial charge in [0.1, 0.15) is 0 Å². The average molecular weight is 242 g/mol. The Labute approximate surface area is 106 Å². The normalized spacial score (nSPS) is 12.1. The highest BCUT2D eigenvalue weighted by molar-refractivity contribution is 6.50. The standard InChI is InChI=1S/C15H12ClN/c1-2-11(10-17)15(16)14-9-5-7-12-6-3-4-8-13(12)14/h3-9H,2H2,1H3. The van der Waals surface area contributed by atoms with E-state index in [0.717, 1.165) is 16.3 Å². The fourth-order valence-corrected chi connectivity index (χ4v) is 2.20. The first-order valence-corrected chi connectivity index (χ1v) is 5.92. The molecule has 0 N–H and O–H groups in total. The molecule has 0 unspecified atom stereocenters. The van der Waals surface area contributed by atoms with E-state index in [4.69, 9.17) is 16.9 Å². The Morgan fingerprint density at radius 3 is 2.59 bits per heavy atom. The van der Waals surface area contributed by atoms with E-state index >= 15 is 0 Å². The topological polar surface area (TPSA) is 23.8 Å². The maximum atomic E-state index is 9.04. The smallest absolute Gasteiger partial charge is 0.0962 e. The molecule has 0 aliphatic rings. The number of hydrogen-bond donors (Lipinski definition) is 0. The maximum absolute atomic E-state index is 9.04. The van der Waals surface area contributed by atoms with Gasteiger partial charge >= 0.3 is 0 Å². The van der Waals surface area contributed by atoms with Crippen LogP contribution in [0.3, 0.4) is 0 Å². The van der Waals surface area contributed by atoms with Gasteiger partial charge in [0.15, 0.2) is 0 Å². The molecule has 0 bridgehead atoms. The van der Waals surface area contributed by atoms with Crippen LogP contribution in [0.15, 0.2) is 48.0 Å². The van der Waals surface area contributed by atoms with E-state index in [-0.39, 0.29) is 0 Å². The van der Waals surface area contributed by atoms with Gasteiger partial charge in [-0.3, -0.25) is 0 Å². The monoisotopic (exact) mass is 241 g/mol. The van der Waals surface area contributed by atoms with Crippen molar-refractivity contribution in [3.63, 3.8) is 0 Å². The minimum Gasteiger partial charge on any atom is -0.193 e.